The molecule has 1 aromatic carbocycles. The van der Waals surface area contributed by atoms with Gasteiger partial charge in [-0.15, -0.1) is 0 Å². The maximum absolute atomic E-state index is 12.5. The van der Waals surface area contributed by atoms with E-state index in [1.54, 1.807) is 0 Å². The van der Waals surface area contributed by atoms with Gasteiger partial charge < -0.3 is 0 Å². The van der Waals surface area contributed by atoms with Gasteiger partial charge in [0.2, 0.25) is 0 Å². The van der Waals surface area contributed by atoms with Gasteiger partial charge in [0.15, 0.2) is 0 Å². The van der Waals surface area contributed by atoms with Crippen LogP contribution in [0.4, 0.5) is 18.9 Å². The van der Waals surface area contributed by atoms with Gasteiger partial charge in [-0.2, -0.15) is 13.2 Å². The molecule has 0 aliphatic carbocycles. The molecular formula is C8H5BrF3NO2. The predicted octanol–water partition coefficient (Wildman–Crippen LogP) is 3.68. The number of nitro groups is 1. The number of hydrogen-bond acceptors (Lipinski definition) is 2. The van der Waals surface area contributed by atoms with E-state index in [1.165, 1.54) is 13.0 Å². The van der Waals surface area contributed by atoms with Crippen molar-refractivity contribution in [2.75, 3.05) is 0 Å². The molecule has 0 spiro atoms. The van der Waals surface area contributed by atoms with Crippen LogP contribution < -0.4 is 0 Å². The van der Waals surface area contributed by atoms with Crippen molar-refractivity contribution < 1.29 is 18.1 Å². The van der Waals surface area contributed by atoms with Crippen LogP contribution in [0, 0.1) is 17.0 Å². The Hall–Kier alpha value is -1.11. The van der Waals surface area contributed by atoms with Gasteiger partial charge in [0.1, 0.15) is 5.56 Å². The zero-order valence-corrected chi connectivity index (χ0v) is 9.02. The number of hydrogen-bond donors (Lipinski definition) is 0. The first-order valence-corrected chi connectivity index (χ1v) is 4.54. The molecule has 1 aromatic rings. The van der Waals surface area contributed by atoms with Crippen molar-refractivity contribution in [2.45, 2.75) is 13.1 Å². The monoisotopic (exact) mass is 283 g/mol. The largest absolute Gasteiger partial charge is 0.424 e. The minimum absolute atomic E-state index is 0.318. The summed E-state index contributed by atoms with van der Waals surface area (Å²) in [6, 6.07) is 2.09. The average Bonchev–Trinajstić information content (AvgIpc) is 1.99. The molecule has 0 bridgehead atoms. The lowest BCUT2D eigenvalue weighted by molar-refractivity contribution is -0.388. The molecule has 0 aliphatic rings. The van der Waals surface area contributed by atoms with E-state index >= 15 is 0 Å². The van der Waals surface area contributed by atoms with E-state index in [0.29, 0.717) is 5.56 Å². The third kappa shape index (κ3) is 2.47. The molecule has 0 amide bonds. The summed E-state index contributed by atoms with van der Waals surface area (Å²) in [5, 5.41) is 10.5. The van der Waals surface area contributed by atoms with Crippen LogP contribution >= 0.6 is 15.9 Å². The first kappa shape index (κ1) is 12.0. The highest BCUT2D eigenvalue weighted by atomic mass is 79.9. The fraction of sp³-hybridized carbons (Fsp3) is 0.250. The molecule has 7 heteroatoms. The van der Waals surface area contributed by atoms with E-state index in [9.17, 15) is 23.3 Å². The lowest BCUT2D eigenvalue weighted by Crippen LogP contribution is -2.10. The molecule has 82 valence electrons. The number of aryl methyl sites for hydroxylation is 1. The predicted molar refractivity (Wildman–Crippen MR) is 50.5 cm³/mol. The molecule has 0 radical (unpaired) electrons. The van der Waals surface area contributed by atoms with Crippen LogP contribution in [0.15, 0.2) is 16.6 Å². The molecule has 0 N–H and O–H groups in total. The van der Waals surface area contributed by atoms with Gasteiger partial charge in [0.05, 0.1) is 4.92 Å². The quantitative estimate of drug-likeness (QED) is 0.583. The molecule has 0 saturated carbocycles. The Morgan fingerprint density at radius 3 is 2.33 bits per heavy atom. The second-order valence-electron chi connectivity index (χ2n) is 2.90. The summed E-state index contributed by atoms with van der Waals surface area (Å²) in [4.78, 5) is 9.42. The highest BCUT2D eigenvalue weighted by Gasteiger charge is 2.40. The Morgan fingerprint density at radius 1 is 1.40 bits per heavy atom. The molecule has 3 nitrogen and oxygen atoms in total. The van der Waals surface area contributed by atoms with Crippen molar-refractivity contribution in [1.29, 1.82) is 0 Å². The molecule has 0 unspecified atom stereocenters. The van der Waals surface area contributed by atoms with Crippen LogP contribution in [-0.2, 0) is 6.18 Å². The number of nitro benzene ring substituents is 1. The molecule has 0 saturated heterocycles. The Bertz CT molecular complexity index is 417. The van der Waals surface area contributed by atoms with Crippen LogP contribution in [0.25, 0.3) is 0 Å². The fourth-order valence-corrected chi connectivity index (χ4v) is 1.94. The maximum Gasteiger partial charge on any atom is 0.424 e. The first-order chi connectivity index (χ1) is 6.73. The molecule has 0 atom stereocenters. The molecule has 0 heterocycles. The van der Waals surface area contributed by atoms with E-state index < -0.39 is 22.4 Å². The van der Waals surface area contributed by atoms with Crippen molar-refractivity contribution in [3.05, 3.63) is 37.8 Å². The lowest BCUT2D eigenvalue weighted by atomic mass is 10.1. The molecule has 1 rings (SSSR count). The minimum atomic E-state index is -4.74. The van der Waals surface area contributed by atoms with Gasteiger partial charge >= 0.3 is 6.18 Å². The normalized spacial score (nSPS) is 11.5. The number of halogens is 4. The number of benzene rings is 1. The lowest BCUT2D eigenvalue weighted by Gasteiger charge is -2.10. The van der Waals surface area contributed by atoms with Crippen molar-refractivity contribution >= 4 is 21.6 Å². The molecule has 0 aliphatic heterocycles. The van der Waals surface area contributed by atoms with Gasteiger partial charge in [-0.05, 0) is 34.5 Å². The molecule has 15 heavy (non-hydrogen) atoms. The van der Waals surface area contributed by atoms with Gasteiger partial charge in [0, 0.05) is 10.5 Å². The highest BCUT2D eigenvalue weighted by molar-refractivity contribution is 9.10. The summed E-state index contributed by atoms with van der Waals surface area (Å²) in [5.74, 6) is 0. The number of rotatable bonds is 1. The summed E-state index contributed by atoms with van der Waals surface area (Å²) in [5.41, 5.74) is -1.80. The Kier molecular flexibility index (Phi) is 3.03. The molecular weight excluding hydrogens is 279 g/mol. The van der Waals surface area contributed by atoms with E-state index in [-0.39, 0.29) is 4.47 Å². The topological polar surface area (TPSA) is 43.1 Å². The number of alkyl halides is 3. The van der Waals surface area contributed by atoms with Crippen molar-refractivity contribution in [3.8, 4) is 0 Å². The second kappa shape index (κ2) is 3.80. The Morgan fingerprint density at radius 2 is 1.93 bits per heavy atom. The SMILES string of the molecule is Cc1cc(Br)c(C(F)(F)F)c([N+](=O)[O-])c1. The average molecular weight is 284 g/mol. The summed E-state index contributed by atoms with van der Waals surface area (Å²) in [6.45, 7) is 1.48. The molecule has 0 fully saturated rings. The van der Waals surface area contributed by atoms with E-state index in [4.69, 9.17) is 0 Å². The Labute approximate surface area is 91.2 Å². The van der Waals surface area contributed by atoms with Crippen LogP contribution in [0.3, 0.4) is 0 Å². The van der Waals surface area contributed by atoms with E-state index in [0.717, 1.165) is 6.07 Å². The smallest absolute Gasteiger partial charge is 0.258 e. The minimum Gasteiger partial charge on any atom is -0.258 e. The zero-order chi connectivity index (χ0) is 11.8. The van der Waals surface area contributed by atoms with Crippen LogP contribution in [0.5, 0.6) is 0 Å². The Balaban J connectivity index is 3.55. The third-order valence-corrected chi connectivity index (χ3v) is 2.32. The van der Waals surface area contributed by atoms with E-state index in [1.807, 2.05) is 0 Å². The summed E-state index contributed by atoms with van der Waals surface area (Å²) >= 11 is 2.68. The van der Waals surface area contributed by atoms with Crippen LogP contribution in [-0.4, -0.2) is 4.92 Å². The van der Waals surface area contributed by atoms with Crippen molar-refractivity contribution in [1.82, 2.24) is 0 Å². The zero-order valence-electron chi connectivity index (χ0n) is 7.43. The van der Waals surface area contributed by atoms with Crippen molar-refractivity contribution in [2.24, 2.45) is 0 Å². The van der Waals surface area contributed by atoms with Crippen molar-refractivity contribution in [3.63, 3.8) is 0 Å². The van der Waals surface area contributed by atoms with Gasteiger partial charge in [-0.25, -0.2) is 0 Å². The van der Waals surface area contributed by atoms with Crippen LogP contribution in [0.2, 0.25) is 0 Å². The van der Waals surface area contributed by atoms with Crippen LogP contribution in [0.1, 0.15) is 11.1 Å². The van der Waals surface area contributed by atoms with E-state index in [2.05, 4.69) is 15.9 Å². The third-order valence-electron chi connectivity index (χ3n) is 1.69. The summed E-state index contributed by atoms with van der Waals surface area (Å²) in [6.07, 6.45) is -4.74. The molecule has 0 aromatic heterocycles. The maximum atomic E-state index is 12.5. The standard InChI is InChI=1S/C8H5BrF3NO2/c1-4-2-5(9)7(8(10,11)12)6(3-4)13(14)15/h2-3H,1H3. The van der Waals surface area contributed by atoms with Gasteiger partial charge in [-0.1, -0.05) is 0 Å². The summed E-state index contributed by atoms with van der Waals surface area (Å²) < 4.78 is 37.1. The van der Waals surface area contributed by atoms with Gasteiger partial charge in [-0.3, -0.25) is 10.1 Å². The number of nitrogens with zero attached hydrogens (tertiary/aromatic N) is 1. The fourth-order valence-electron chi connectivity index (χ4n) is 1.15. The second-order valence-corrected chi connectivity index (χ2v) is 3.75. The first-order valence-electron chi connectivity index (χ1n) is 3.75. The highest BCUT2D eigenvalue weighted by Crippen LogP contribution is 2.41. The van der Waals surface area contributed by atoms with Gasteiger partial charge in [0.25, 0.3) is 5.69 Å². The summed E-state index contributed by atoms with van der Waals surface area (Å²) in [7, 11) is 0.